The molecule has 0 saturated heterocycles. The molecule has 1 heterocycles. The van der Waals surface area contributed by atoms with Gasteiger partial charge in [0, 0.05) is 5.56 Å². The second kappa shape index (κ2) is 7.05. The molecule has 130 valence electrons. The summed E-state index contributed by atoms with van der Waals surface area (Å²) in [5.74, 6) is -2.63. The number of carboxylic acids is 1. The number of nitrogens with zero attached hydrogens (tertiary/aromatic N) is 2. The number of sulfone groups is 1. The van der Waals surface area contributed by atoms with Gasteiger partial charge in [0.15, 0.2) is 21.3 Å². The molecule has 0 spiro atoms. The van der Waals surface area contributed by atoms with E-state index in [9.17, 15) is 13.2 Å². The van der Waals surface area contributed by atoms with Crippen molar-refractivity contribution >= 4 is 27.4 Å². The zero-order valence-electron chi connectivity index (χ0n) is 12.6. The molecule has 11 heteroatoms. The molecule has 1 aromatic heterocycles. The molecule has 1 aromatic carbocycles. The summed E-state index contributed by atoms with van der Waals surface area (Å²) in [4.78, 5) is 14.5. The van der Waals surface area contributed by atoms with Gasteiger partial charge in [-0.2, -0.15) is 4.98 Å². The van der Waals surface area contributed by atoms with Gasteiger partial charge in [0.2, 0.25) is 11.7 Å². The number of rotatable bonds is 7. The number of hydrogen-bond donors (Lipinski definition) is 1. The lowest BCUT2D eigenvalue weighted by Crippen LogP contribution is -2.17. The zero-order valence-corrected chi connectivity index (χ0v) is 14.2. The highest BCUT2D eigenvalue weighted by molar-refractivity contribution is 7.91. The molecule has 0 aliphatic rings. The van der Waals surface area contributed by atoms with Crippen LogP contribution in [0, 0.1) is 0 Å². The van der Waals surface area contributed by atoms with Crippen molar-refractivity contribution in [2.75, 3.05) is 20.0 Å². The third-order valence-corrected chi connectivity index (χ3v) is 4.50. The van der Waals surface area contributed by atoms with E-state index in [0.717, 1.165) is 0 Å². The Kier molecular flexibility index (Phi) is 5.30. The molecule has 24 heavy (non-hydrogen) atoms. The summed E-state index contributed by atoms with van der Waals surface area (Å²) in [5.41, 5.74) is 0.420. The molecule has 9 nitrogen and oxygen atoms in total. The maximum absolute atomic E-state index is 11.6. The number of carbonyl (C=O) groups is 1. The predicted octanol–water partition coefficient (Wildman–Crippen LogP) is 1.41. The first kappa shape index (κ1) is 18.0. The van der Waals surface area contributed by atoms with Crippen LogP contribution in [-0.2, 0) is 20.4 Å². The molecule has 0 bridgehead atoms. The van der Waals surface area contributed by atoms with Crippen molar-refractivity contribution in [3.8, 4) is 22.9 Å². The van der Waals surface area contributed by atoms with Gasteiger partial charge < -0.3 is 19.1 Å². The van der Waals surface area contributed by atoms with Crippen LogP contribution in [0.4, 0.5) is 0 Å². The van der Waals surface area contributed by atoms with Crippen molar-refractivity contribution in [2.24, 2.45) is 0 Å². The number of hydrogen-bond acceptors (Lipinski definition) is 8. The fourth-order valence-electron chi connectivity index (χ4n) is 1.91. The van der Waals surface area contributed by atoms with E-state index in [0.29, 0.717) is 17.1 Å². The van der Waals surface area contributed by atoms with Crippen molar-refractivity contribution < 1.29 is 32.3 Å². The Morgan fingerprint density at radius 2 is 2.04 bits per heavy atom. The fraction of sp³-hybridized carbons (Fsp3) is 0.308. The monoisotopic (exact) mass is 376 g/mol. The summed E-state index contributed by atoms with van der Waals surface area (Å²) in [7, 11) is -1.04. The van der Waals surface area contributed by atoms with E-state index in [1.54, 1.807) is 6.07 Å². The molecule has 0 amide bonds. The van der Waals surface area contributed by atoms with Crippen molar-refractivity contribution in [3.63, 3.8) is 0 Å². The first-order chi connectivity index (χ1) is 11.3. The van der Waals surface area contributed by atoms with Gasteiger partial charge in [-0.3, -0.25) is 4.79 Å². The molecule has 2 aromatic rings. The molecule has 2 rings (SSSR count). The van der Waals surface area contributed by atoms with Gasteiger partial charge in [0.25, 0.3) is 0 Å². The lowest BCUT2D eigenvalue weighted by molar-refractivity contribution is -0.134. The van der Waals surface area contributed by atoms with E-state index in [-0.39, 0.29) is 16.7 Å². The molecular formula is C13H13ClN2O7S. The van der Waals surface area contributed by atoms with Gasteiger partial charge in [0.1, 0.15) is 11.5 Å². The van der Waals surface area contributed by atoms with Gasteiger partial charge in [-0.15, -0.1) is 0 Å². The third kappa shape index (κ3) is 4.15. The van der Waals surface area contributed by atoms with E-state index < -0.39 is 27.3 Å². The normalized spacial score (nSPS) is 11.3. The molecule has 0 aliphatic heterocycles. The van der Waals surface area contributed by atoms with E-state index in [1.165, 1.54) is 20.3 Å². The Bertz CT molecular complexity index is 863. The largest absolute Gasteiger partial charge is 0.493 e. The summed E-state index contributed by atoms with van der Waals surface area (Å²) in [5, 5.41) is 12.5. The number of aromatic nitrogens is 2. The minimum atomic E-state index is -3.90. The first-order valence-corrected chi connectivity index (χ1v) is 8.62. The average Bonchev–Trinajstić information content (AvgIpc) is 2.92. The van der Waals surface area contributed by atoms with Crippen LogP contribution in [0.2, 0.25) is 5.02 Å². The van der Waals surface area contributed by atoms with Crippen LogP contribution >= 0.6 is 11.6 Å². The van der Waals surface area contributed by atoms with Crippen LogP contribution in [0.1, 0.15) is 5.89 Å². The molecular weight excluding hydrogens is 364 g/mol. The molecule has 1 N–H and O–H groups in total. The minimum Gasteiger partial charge on any atom is -0.493 e. The van der Waals surface area contributed by atoms with Crippen LogP contribution in [0.3, 0.4) is 0 Å². The topological polar surface area (TPSA) is 129 Å². The predicted molar refractivity (Wildman–Crippen MR) is 83.0 cm³/mol. The second-order valence-electron chi connectivity index (χ2n) is 4.63. The number of aliphatic carboxylic acids is 1. The molecule has 0 aliphatic carbocycles. The first-order valence-electron chi connectivity index (χ1n) is 6.42. The Labute approximate surface area is 142 Å². The lowest BCUT2D eigenvalue weighted by atomic mass is 10.2. The highest BCUT2D eigenvalue weighted by atomic mass is 35.5. The Balaban J connectivity index is 2.31. The molecule has 0 unspecified atom stereocenters. The van der Waals surface area contributed by atoms with Crippen LogP contribution < -0.4 is 9.47 Å². The van der Waals surface area contributed by atoms with E-state index in [4.69, 9.17) is 30.7 Å². The summed E-state index contributed by atoms with van der Waals surface area (Å²) in [6, 6.07) is 3.05. The summed E-state index contributed by atoms with van der Waals surface area (Å²) < 4.78 is 38.4. The summed E-state index contributed by atoms with van der Waals surface area (Å²) in [6.45, 7) is 0. The summed E-state index contributed by atoms with van der Waals surface area (Å²) in [6.07, 6.45) is 0. The molecule has 0 radical (unpaired) electrons. The standard InChI is InChI=1S/C13H13ClN2O7S/c1-21-9-4-7(3-8(14)12(9)22-2)13-15-10(23-16-13)5-24(19,20)6-11(17)18/h3-4H,5-6H2,1-2H3,(H,17,18). The zero-order chi connectivity index (χ0) is 17.9. The lowest BCUT2D eigenvalue weighted by Gasteiger charge is -2.10. The maximum atomic E-state index is 11.6. The fourth-order valence-corrected chi connectivity index (χ4v) is 3.16. The van der Waals surface area contributed by atoms with Crippen molar-refractivity contribution in [3.05, 3.63) is 23.0 Å². The van der Waals surface area contributed by atoms with E-state index in [1.807, 2.05) is 0 Å². The van der Waals surface area contributed by atoms with E-state index in [2.05, 4.69) is 10.1 Å². The maximum Gasteiger partial charge on any atom is 0.318 e. The Morgan fingerprint density at radius 1 is 1.33 bits per heavy atom. The second-order valence-corrected chi connectivity index (χ2v) is 7.10. The van der Waals surface area contributed by atoms with Gasteiger partial charge in [-0.05, 0) is 12.1 Å². The molecule has 0 atom stereocenters. The van der Waals surface area contributed by atoms with Gasteiger partial charge in [-0.1, -0.05) is 16.8 Å². The average molecular weight is 377 g/mol. The smallest absolute Gasteiger partial charge is 0.318 e. The Hall–Kier alpha value is -2.33. The van der Waals surface area contributed by atoms with Crippen LogP contribution in [-0.4, -0.2) is 49.6 Å². The van der Waals surface area contributed by atoms with Gasteiger partial charge in [0.05, 0.1) is 19.2 Å². The molecule has 0 saturated carbocycles. The SMILES string of the molecule is COc1cc(-c2noc(CS(=O)(=O)CC(=O)O)n2)cc(Cl)c1OC. The Morgan fingerprint density at radius 3 is 2.62 bits per heavy atom. The molecule has 0 fully saturated rings. The van der Waals surface area contributed by atoms with E-state index >= 15 is 0 Å². The van der Waals surface area contributed by atoms with Crippen molar-refractivity contribution in [1.29, 1.82) is 0 Å². The number of methoxy groups -OCH3 is 2. The number of halogens is 1. The van der Waals surface area contributed by atoms with Crippen LogP contribution in [0.25, 0.3) is 11.4 Å². The number of ether oxygens (including phenoxy) is 2. The van der Waals surface area contributed by atoms with Crippen molar-refractivity contribution in [1.82, 2.24) is 10.1 Å². The number of benzene rings is 1. The highest BCUT2D eigenvalue weighted by Crippen LogP contribution is 2.38. The van der Waals surface area contributed by atoms with Crippen LogP contribution in [0.5, 0.6) is 11.5 Å². The van der Waals surface area contributed by atoms with Gasteiger partial charge in [-0.25, -0.2) is 8.42 Å². The summed E-state index contributed by atoms with van der Waals surface area (Å²) >= 11 is 6.08. The quantitative estimate of drug-likeness (QED) is 0.762. The highest BCUT2D eigenvalue weighted by Gasteiger charge is 2.22. The number of carboxylic acid groups (broad SMARTS) is 1. The van der Waals surface area contributed by atoms with Crippen molar-refractivity contribution in [2.45, 2.75) is 5.75 Å². The van der Waals surface area contributed by atoms with Crippen LogP contribution in [0.15, 0.2) is 16.7 Å². The minimum absolute atomic E-state index is 0.0818. The van der Waals surface area contributed by atoms with Gasteiger partial charge >= 0.3 is 5.97 Å². The third-order valence-electron chi connectivity index (χ3n) is 2.85.